The number of phenolic OH excluding ortho intramolecular Hbond substituents is 1. The molecule has 0 aliphatic rings. The van der Waals surface area contributed by atoms with Crippen LogP contribution in [-0.2, 0) is 10.0 Å². The van der Waals surface area contributed by atoms with Crippen molar-refractivity contribution in [3.8, 4) is 5.75 Å². The second-order valence-corrected chi connectivity index (χ2v) is 5.73. The lowest BCUT2D eigenvalue weighted by molar-refractivity contribution is 0.100. The van der Waals surface area contributed by atoms with Gasteiger partial charge in [0.15, 0.2) is 0 Å². The Balaban J connectivity index is 2.26. The van der Waals surface area contributed by atoms with Crippen molar-refractivity contribution in [2.45, 2.75) is 4.90 Å². The van der Waals surface area contributed by atoms with Gasteiger partial charge in [0.25, 0.3) is 10.0 Å². The summed E-state index contributed by atoms with van der Waals surface area (Å²) in [7, 11) is -3.80. The molecule has 0 unspecified atom stereocenters. The second-order valence-electron chi connectivity index (χ2n) is 4.04. The fourth-order valence-corrected chi connectivity index (χ4v) is 2.67. The second kappa shape index (κ2) is 5.22. The monoisotopic (exact) mass is 292 g/mol. The lowest BCUT2D eigenvalue weighted by Crippen LogP contribution is -2.14. The molecule has 2 aromatic carbocycles. The third-order valence-corrected chi connectivity index (χ3v) is 3.93. The minimum Gasteiger partial charge on any atom is -0.508 e. The Morgan fingerprint density at radius 3 is 2.30 bits per heavy atom. The third-order valence-electron chi connectivity index (χ3n) is 2.55. The average molecular weight is 292 g/mol. The number of anilines is 1. The van der Waals surface area contributed by atoms with Gasteiger partial charge in [0, 0.05) is 17.3 Å². The predicted octanol–water partition coefficient (Wildman–Crippen LogP) is 1.29. The van der Waals surface area contributed by atoms with Gasteiger partial charge in [-0.05, 0) is 36.4 Å². The molecule has 6 nitrogen and oxygen atoms in total. The van der Waals surface area contributed by atoms with Crippen LogP contribution >= 0.6 is 0 Å². The smallest absolute Gasteiger partial charge is 0.262 e. The quantitative estimate of drug-likeness (QED) is 0.788. The Morgan fingerprint density at radius 2 is 1.75 bits per heavy atom. The number of nitrogens with one attached hydrogen (secondary N) is 1. The van der Waals surface area contributed by atoms with Crippen LogP contribution in [0.1, 0.15) is 10.4 Å². The molecule has 0 saturated carbocycles. The molecule has 7 heteroatoms. The number of hydrogen-bond acceptors (Lipinski definition) is 4. The first-order valence-electron chi connectivity index (χ1n) is 5.60. The number of sulfonamides is 1. The van der Waals surface area contributed by atoms with Gasteiger partial charge in [-0.25, -0.2) is 8.42 Å². The molecule has 0 radical (unpaired) electrons. The molecule has 0 aromatic heterocycles. The summed E-state index contributed by atoms with van der Waals surface area (Å²) in [6.07, 6.45) is 0. The van der Waals surface area contributed by atoms with Gasteiger partial charge in [-0.15, -0.1) is 0 Å². The summed E-state index contributed by atoms with van der Waals surface area (Å²) in [6.45, 7) is 0. The Kier molecular flexibility index (Phi) is 3.62. The van der Waals surface area contributed by atoms with Crippen LogP contribution in [0.3, 0.4) is 0 Å². The Labute approximate surface area is 115 Å². The summed E-state index contributed by atoms with van der Waals surface area (Å²) in [4.78, 5) is 10.9. The van der Waals surface area contributed by atoms with Gasteiger partial charge in [-0.3, -0.25) is 9.52 Å². The molecule has 0 atom stereocenters. The van der Waals surface area contributed by atoms with Gasteiger partial charge in [0.05, 0.1) is 4.90 Å². The van der Waals surface area contributed by atoms with Gasteiger partial charge in [0.1, 0.15) is 5.75 Å². The van der Waals surface area contributed by atoms with E-state index in [1.54, 1.807) is 0 Å². The molecule has 0 aliphatic heterocycles. The minimum absolute atomic E-state index is 0.0588. The van der Waals surface area contributed by atoms with E-state index >= 15 is 0 Å². The van der Waals surface area contributed by atoms with Crippen molar-refractivity contribution < 1.29 is 18.3 Å². The highest BCUT2D eigenvalue weighted by Gasteiger charge is 2.14. The third kappa shape index (κ3) is 3.07. The summed E-state index contributed by atoms with van der Waals surface area (Å²) < 4.78 is 26.5. The molecule has 0 spiro atoms. The van der Waals surface area contributed by atoms with Crippen LogP contribution in [-0.4, -0.2) is 19.4 Å². The van der Waals surface area contributed by atoms with Gasteiger partial charge >= 0.3 is 0 Å². The highest BCUT2D eigenvalue weighted by atomic mass is 32.2. The number of phenols is 1. The van der Waals surface area contributed by atoms with Crippen molar-refractivity contribution in [1.82, 2.24) is 0 Å². The first kappa shape index (κ1) is 13.9. The lowest BCUT2D eigenvalue weighted by Gasteiger charge is -2.08. The van der Waals surface area contributed by atoms with Crippen molar-refractivity contribution in [3.05, 3.63) is 54.1 Å². The molecule has 2 aromatic rings. The molecule has 4 N–H and O–H groups in total. The number of nitrogens with two attached hydrogens (primary N) is 1. The van der Waals surface area contributed by atoms with Crippen LogP contribution in [0.4, 0.5) is 5.69 Å². The van der Waals surface area contributed by atoms with Crippen molar-refractivity contribution in [2.75, 3.05) is 4.72 Å². The van der Waals surface area contributed by atoms with Gasteiger partial charge in [0.2, 0.25) is 5.91 Å². The first-order chi connectivity index (χ1) is 9.38. The van der Waals surface area contributed by atoms with E-state index in [1.807, 2.05) is 0 Å². The number of aromatic hydroxyl groups is 1. The molecule has 0 aliphatic carbocycles. The van der Waals surface area contributed by atoms with Gasteiger partial charge in [-0.2, -0.15) is 0 Å². The van der Waals surface area contributed by atoms with Crippen molar-refractivity contribution in [1.29, 1.82) is 0 Å². The number of amides is 1. The van der Waals surface area contributed by atoms with E-state index in [9.17, 15) is 18.3 Å². The normalized spacial score (nSPS) is 11.0. The number of hydrogen-bond donors (Lipinski definition) is 3. The van der Waals surface area contributed by atoms with Crippen LogP contribution in [0.5, 0.6) is 5.75 Å². The highest BCUT2D eigenvalue weighted by molar-refractivity contribution is 7.92. The Morgan fingerprint density at radius 1 is 1.10 bits per heavy atom. The maximum Gasteiger partial charge on any atom is 0.262 e. The average Bonchev–Trinajstić information content (AvgIpc) is 2.39. The van der Waals surface area contributed by atoms with Gasteiger partial charge in [-0.1, -0.05) is 6.07 Å². The molecule has 0 saturated heterocycles. The number of carbonyl (C=O) groups excluding carboxylic acids is 1. The number of rotatable bonds is 4. The van der Waals surface area contributed by atoms with Crippen molar-refractivity contribution >= 4 is 21.6 Å². The maximum absolute atomic E-state index is 12.1. The Bertz CT molecular complexity index is 739. The van der Waals surface area contributed by atoms with E-state index in [0.29, 0.717) is 5.69 Å². The molecule has 20 heavy (non-hydrogen) atoms. The summed E-state index contributed by atoms with van der Waals surface area (Å²) in [5, 5.41) is 9.30. The molecule has 0 fully saturated rings. The molecule has 2 rings (SSSR count). The zero-order valence-corrected chi connectivity index (χ0v) is 11.1. The highest BCUT2D eigenvalue weighted by Crippen LogP contribution is 2.19. The minimum atomic E-state index is -3.80. The van der Waals surface area contributed by atoms with E-state index in [1.165, 1.54) is 42.5 Å². The van der Waals surface area contributed by atoms with Crippen molar-refractivity contribution in [3.63, 3.8) is 0 Å². The number of benzene rings is 2. The molecular formula is C13H12N2O4S. The Hall–Kier alpha value is -2.54. The van der Waals surface area contributed by atoms with E-state index in [0.717, 1.165) is 6.07 Å². The fraction of sp³-hybridized carbons (Fsp3) is 0. The largest absolute Gasteiger partial charge is 0.508 e. The summed E-state index contributed by atoms with van der Waals surface area (Å²) in [5.41, 5.74) is 5.67. The first-order valence-corrected chi connectivity index (χ1v) is 7.08. The summed E-state index contributed by atoms with van der Waals surface area (Å²) in [5.74, 6) is -0.732. The van der Waals surface area contributed by atoms with Crippen LogP contribution in [0.25, 0.3) is 0 Å². The molecule has 1 amide bonds. The van der Waals surface area contributed by atoms with Crippen LogP contribution < -0.4 is 10.5 Å². The van der Waals surface area contributed by atoms with E-state index < -0.39 is 15.9 Å². The molecule has 104 valence electrons. The number of primary amides is 1. The van der Waals surface area contributed by atoms with E-state index in [4.69, 9.17) is 5.73 Å². The van der Waals surface area contributed by atoms with E-state index in [-0.39, 0.29) is 16.2 Å². The molecule has 0 heterocycles. The molecule has 0 bridgehead atoms. The summed E-state index contributed by atoms with van der Waals surface area (Å²) >= 11 is 0. The molecular weight excluding hydrogens is 280 g/mol. The van der Waals surface area contributed by atoms with E-state index in [2.05, 4.69) is 4.72 Å². The van der Waals surface area contributed by atoms with Crippen LogP contribution in [0.2, 0.25) is 0 Å². The summed E-state index contributed by atoms with van der Waals surface area (Å²) in [6, 6.07) is 11.0. The SMILES string of the molecule is NC(=O)c1ccc(NS(=O)(=O)c2cccc(O)c2)cc1. The van der Waals surface area contributed by atoms with Crippen LogP contribution in [0, 0.1) is 0 Å². The zero-order chi connectivity index (χ0) is 14.8. The predicted molar refractivity (Wildman–Crippen MR) is 73.9 cm³/mol. The number of carbonyl (C=O) groups is 1. The maximum atomic E-state index is 12.1. The lowest BCUT2D eigenvalue weighted by atomic mass is 10.2. The fourth-order valence-electron chi connectivity index (χ4n) is 1.57. The van der Waals surface area contributed by atoms with Gasteiger partial charge < -0.3 is 10.8 Å². The standard InChI is InChI=1S/C13H12N2O4S/c14-13(17)9-4-6-10(7-5-9)15-20(18,19)12-3-1-2-11(16)8-12/h1-8,15-16H,(H2,14,17). The van der Waals surface area contributed by atoms with Crippen LogP contribution in [0.15, 0.2) is 53.4 Å². The zero-order valence-electron chi connectivity index (χ0n) is 10.3. The topological polar surface area (TPSA) is 109 Å². The van der Waals surface area contributed by atoms with Crippen molar-refractivity contribution in [2.24, 2.45) is 5.73 Å².